The van der Waals surface area contributed by atoms with Gasteiger partial charge in [0.05, 0.1) is 5.69 Å². The summed E-state index contributed by atoms with van der Waals surface area (Å²) >= 11 is 0. The monoisotopic (exact) mass is 327 g/mol. The molecule has 3 rings (SSSR count). The number of hydrogen-bond donors (Lipinski definition) is 0. The number of amides is 1. The fourth-order valence-corrected chi connectivity index (χ4v) is 3.50. The van der Waals surface area contributed by atoms with Crippen LogP contribution in [-0.2, 0) is 12.8 Å². The number of carbonyl (C=O) groups excluding carboxylic acids is 1. The first kappa shape index (κ1) is 16.7. The molecule has 1 aliphatic rings. The SMILES string of the molecule is CCc1noc(C)c1C(=O)N1CCC(Cc2ccnc(C)c2)CC1. The predicted molar refractivity (Wildman–Crippen MR) is 91.9 cm³/mol. The lowest BCUT2D eigenvalue weighted by atomic mass is 9.90. The Hall–Kier alpha value is -2.17. The lowest BCUT2D eigenvalue weighted by Crippen LogP contribution is -2.39. The number of hydrogen-bond acceptors (Lipinski definition) is 4. The second kappa shape index (κ2) is 7.16. The molecule has 1 fully saturated rings. The minimum absolute atomic E-state index is 0.0730. The highest BCUT2D eigenvalue weighted by atomic mass is 16.5. The Morgan fingerprint density at radius 2 is 2.08 bits per heavy atom. The zero-order chi connectivity index (χ0) is 17.1. The van der Waals surface area contributed by atoms with Crippen LogP contribution in [0, 0.1) is 19.8 Å². The molecule has 0 N–H and O–H groups in total. The number of nitrogens with zero attached hydrogens (tertiary/aromatic N) is 3. The first-order chi connectivity index (χ1) is 11.6. The average molecular weight is 327 g/mol. The number of likely N-dealkylation sites (tertiary alicyclic amines) is 1. The number of pyridine rings is 1. The molecule has 0 bridgehead atoms. The summed E-state index contributed by atoms with van der Waals surface area (Å²) in [7, 11) is 0. The van der Waals surface area contributed by atoms with Crippen molar-refractivity contribution in [2.45, 2.75) is 46.5 Å². The number of rotatable bonds is 4. The van der Waals surface area contributed by atoms with Crippen molar-refractivity contribution in [3.8, 4) is 0 Å². The van der Waals surface area contributed by atoms with E-state index < -0.39 is 0 Å². The van der Waals surface area contributed by atoms with Crippen LogP contribution >= 0.6 is 0 Å². The van der Waals surface area contributed by atoms with Gasteiger partial charge in [-0.3, -0.25) is 9.78 Å². The molecule has 0 aromatic carbocycles. The highest BCUT2D eigenvalue weighted by molar-refractivity contribution is 5.96. The normalized spacial score (nSPS) is 15.7. The van der Waals surface area contributed by atoms with Crippen molar-refractivity contribution in [1.29, 1.82) is 0 Å². The van der Waals surface area contributed by atoms with Crippen molar-refractivity contribution >= 4 is 5.91 Å². The summed E-state index contributed by atoms with van der Waals surface area (Å²) in [6.07, 6.45) is 5.75. The topological polar surface area (TPSA) is 59.2 Å². The Labute approximate surface area is 143 Å². The molecule has 1 amide bonds. The van der Waals surface area contributed by atoms with Crippen molar-refractivity contribution in [1.82, 2.24) is 15.0 Å². The van der Waals surface area contributed by atoms with E-state index in [1.54, 1.807) is 0 Å². The molecule has 0 spiro atoms. The molecule has 0 atom stereocenters. The summed E-state index contributed by atoms with van der Waals surface area (Å²) in [6.45, 7) is 7.45. The van der Waals surface area contributed by atoms with Gasteiger partial charge >= 0.3 is 0 Å². The number of aryl methyl sites for hydroxylation is 3. The van der Waals surface area contributed by atoms with E-state index in [0.717, 1.165) is 50.2 Å². The van der Waals surface area contributed by atoms with E-state index in [9.17, 15) is 4.79 Å². The summed E-state index contributed by atoms with van der Waals surface area (Å²) in [5.41, 5.74) is 3.85. The van der Waals surface area contributed by atoms with Gasteiger partial charge in [-0.25, -0.2) is 0 Å². The van der Waals surface area contributed by atoms with Crippen LogP contribution in [0.5, 0.6) is 0 Å². The standard InChI is InChI=1S/C19H25N3O2/c1-4-17-18(14(3)24-21-17)19(23)22-9-6-15(7-10-22)12-16-5-8-20-13(2)11-16/h5,8,11,15H,4,6-7,9-10,12H2,1-3H3. The van der Waals surface area contributed by atoms with E-state index in [1.165, 1.54) is 5.56 Å². The van der Waals surface area contributed by atoms with Crippen LogP contribution in [0.1, 0.15) is 52.8 Å². The van der Waals surface area contributed by atoms with Crippen LogP contribution in [0.4, 0.5) is 0 Å². The van der Waals surface area contributed by atoms with Gasteiger partial charge in [-0.2, -0.15) is 0 Å². The van der Waals surface area contributed by atoms with Gasteiger partial charge in [-0.05, 0) is 63.1 Å². The molecule has 0 saturated carbocycles. The zero-order valence-electron chi connectivity index (χ0n) is 14.7. The van der Waals surface area contributed by atoms with E-state index in [2.05, 4.69) is 22.3 Å². The fourth-order valence-electron chi connectivity index (χ4n) is 3.50. The van der Waals surface area contributed by atoms with Crippen molar-refractivity contribution in [2.75, 3.05) is 13.1 Å². The van der Waals surface area contributed by atoms with E-state index >= 15 is 0 Å². The Bertz CT molecular complexity index is 715. The molecule has 3 heterocycles. The maximum absolute atomic E-state index is 12.8. The molecule has 2 aromatic heterocycles. The van der Waals surface area contributed by atoms with Crippen LogP contribution in [0.15, 0.2) is 22.9 Å². The number of carbonyl (C=O) groups is 1. The van der Waals surface area contributed by atoms with E-state index in [0.29, 0.717) is 17.2 Å². The highest BCUT2D eigenvalue weighted by Gasteiger charge is 2.28. The van der Waals surface area contributed by atoms with Crippen LogP contribution < -0.4 is 0 Å². The van der Waals surface area contributed by atoms with Crippen LogP contribution in [-0.4, -0.2) is 34.0 Å². The molecule has 24 heavy (non-hydrogen) atoms. The molecular weight excluding hydrogens is 302 g/mol. The minimum Gasteiger partial charge on any atom is -0.361 e. The molecule has 2 aromatic rings. The number of aromatic nitrogens is 2. The van der Waals surface area contributed by atoms with Gasteiger partial charge in [0.1, 0.15) is 11.3 Å². The molecule has 128 valence electrons. The van der Waals surface area contributed by atoms with Crippen molar-refractivity contribution in [3.05, 3.63) is 46.6 Å². The van der Waals surface area contributed by atoms with Gasteiger partial charge in [-0.15, -0.1) is 0 Å². The lowest BCUT2D eigenvalue weighted by Gasteiger charge is -2.32. The summed E-state index contributed by atoms with van der Waals surface area (Å²) < 4.78 is 5.21. The van der Waals surface area contributed by atoms with E-state index in [4.69, 9.17) is 4.52 Å². The van der Waals surface area contributed by atoms with E-state index in [-0.39, 0.29) is 5.91 Å². The van der Waals surface area contributed by atoms with Crippen molar-refractivity contribution in [3.63, 3.8) is 0 Å². The smallest absolute Gasteiger partial charge is 0.259 e. The van der Waals surface area contributed by atoms with Gasteiger partial charge < -0.3 is 9.42 Å². The van der Waals surface area contributed by atoms with E-state index in [1.807, 2.05) is 31.9 Å². The maximum Gasteiger partial charge on any atom is 0.259 e. The molecule has 5 heteroatoms. The first-order valence-electron chi connectivity index (χ1n) is 8.74. The largest absolute Gasteiger partial charge is 0.361 e. The average Bonchev–Trinajstić information content (AvgIpc) is 2.96. The Balaban J connectivity index is 1.60. The van der Waals surface area contributed by atoms with Gasteiger partial charge in [-0.1, -0.05) is 12.1 Å². The lowest BCUT2D eigenvalue weighted by molar-refractivity contribution is 0.0688. The van der Waals surface area contributed by atoms with Crippen LogP contribution in [0.2, 0.25) is 0 Å². The molecular formula is C19H25N3O2. The second-order valence-corrected chi connectivity index (χ2v) is 6.66. The summed E-state index contributed by atoms with van der Waals surface area (Å²) in [5, 5.41) is 4.00. The van der Waals surface area contributed by atoms with Crippen LogP contribution in [0.3, 0.4) is 0 Å². The molecule has 0 radical (unpaired) electrons. The van der Waals surface area contributed by atoms with Gasteiger partial charge in [0.2, 0.25) is 0 Å². The molecule has 0 aliphatic carbocycles. The predicted octanol–water partition coefficient (Wildman–Crippen LogP) is 3.34. The third-order valence-corrected chi connectivity index (χ3v) is 4.87. The second-order valence-electron chi connectivity index (χ2n) is 6.66. The van der Waals surface area contributed by atoms with Gasteiger partial charge in [0, 0.05) is 25.0 Å². The molecule has 1 saturated heterocycles. The van der Waals surface area contributed by atoms with Gasteiger partial charge in [0.25, 0.3) is 5.91 Å². The first-order valence-corrected chi connectivity index (χ1v) is 8.74. The van der Waals surface area contributed by atoms with Gasteiger partial charge in [0.15, 0.2) is 0 Å². The van der Waals surface area contributed by atoms with Crippen molar-refractivity contribution < 1.29 is 9.32 Å². The van der Waals surface area contributed by atoms with Crippen LogP contribution in [0.25, 0.3) is 0 Å². The molecule has 5 nitrogen and oxygen atoms in total. The third-order valence-electron chi connectivity index (χ3n) is 4.87. The summed E-state index contributed by atoms with van der Waals surface area (Å²) in [5.74, 6) is 1.33. The third kappa shape index (κ3) is 3.50. The molecule has 1 aliphatic heterocycles. The maximum atomic E-state index is 12.8. The number of piperidine rings is 1. The molecule has 0 unspecified atom stereocenters. The highest BCUT2D eigenvalue weighted by Crippen LogP contribution is 2.24. The Morgan fingerprint density at radius 3 is 2.75 bits per heavy atom. The van der Waals surface area contributed by atoms with Crippen molar-refractivity contribution in [2.24, 2.45) is 5.92 Å². The Kier molecular flexibility index (Phi) is 4.97. The minimum atomic E-state index is 0.0730. The zero-order valence-corrected chi connectivity index (χ0v) is 14.7. The fraction of sp³-hybridized carbons (Fsp3) is 0.526. The quantitative estimate of drug-likeness (QED) is 0.864. The summed E-state index contributed by atoms with van der Waals surface area (Å²) in [6, 6.07) is 4.25. The summed E-state index contributed by atoms with van der Waals surface area (Å²) in [4.78, 5) is 19.0. The Morgan fingerprint density at radius 1 is 1.33 bits per heavy atom.